The van der Waals surface area contributed by atoms with E-state index < -0.39 is 59.9 Å². The molecular formula is C38H66N6O7S. The van der Waals surface area contributed by atoms with Gasteiger partial charge < -0.3 is 36.2 Å². The van der Waals surface area contributed by atoms with Crippen molar-refractivity contribution in [3.63, 3.8) is 0 Å². The van der Waals surface area contributed by atoms with E-state index in [-0.39, 0.29) is 23.7 Å². The highest BCUT2D eigenvalue weighted by Crippen LogP contribution is 2.31. The zero-order valence-electron chi connectivity index (χ0n) is 32.4. The molecule has 52 heavy (non-hydrogen) atoms. The third-order valence-corrected chi connectivity index (χ3v) is 11.6. The van der Waals surface area contributed by atoms with Gasteiger partial charge in [0.2, 0.25) is 35.4 Å². The Morgan fingerprint density at radius 1 is 0.750 bits per heavy atom. The summed E-state index contributed by atoms with van der Waals surface area (Å²) in [7, 11) is 0. The predicted octanol–water partition coefficient (Wildman–Crippen LogP) is 2.74. The summed E-state index contributed by atoms with van der Waals surface area (Å²) in [5.41, 5.74) is 0. The maximum absolute atomic E-state index is 14.1. The Hall–Kier alpha value is -2.87. The molecular weight excluding hydrogens is 685 g/mol. The molecule has 1 aliphatic carbocycles. The number of nitrogens with zero attached hydrogens (tertiary/aromatic N) is 2. The van der Waals surface area contributed by atoms with Gasteiger partial charge in [-0.2, -0.15) is 11.8 Å². The molecule has 1 unspecified atom stereocenters. The minimum absolute atomic E-state index is 0.142. The SMILES string of the molecule is CCCNC(=O)[C@@H](NC(=O)[C@@H]1CCCN1C(=O)[C@H](CCSC)NC(=O)[C@@H]1CCCCN1C(=O)[C@@H](NC(=O)C[C@H](C)C1CCCCC1)C(C)C)C(C)O. The number of nitrogens with one attached hydrogen (secondary N) is 4. The standard InChI is InChI=1S/C38H66N6O7S/c1-7-19-39-36(49)33(26(5)45)42-35(48)30-17-13-21-43(30)37(50)28(18-22-52-6)40-34(47)29-16-11-12-20-44(29)38(51)32(24(2)3)41-31(46)23-25(4)27-14-9-8-10-15-27/h24-30,32-33,45H,7-23H2,1-6H3,(H,39,49)(H,40,47)(H,41,46)(H,42,48)/t25-,26?,28-,29-,30-,32-,33-/m0/s1. The smallest absolute Gasteiger partial charge is 0.246 e. The molecule has 3 aliphatic rings. The van der Waals surface area contributed by atoms with Gasteiger partial charge in [-0.05, 0) is 81.6 Å². The van der Waals surface area contributed by atoms with E-state index >= 15 is 0 Å². The van der Waals surface area contributed by atoms with Gasteiger partial charge in [0.05, 0.1) is 6.10 Å². The van der Waals surface area contributed by atoms with Crippen LogP contribution in [0, 0.1) is 17.8 Å². The second kappa shape index (κ2) is 21.7. The Kier molecular flexibility index (Phi) is 18.2. The summed E-state index contributed by atoms with van der Waals surface area (Å²) in [6.45, 7) is 10.3. The first kappa shape index (κ1) is 43.5. The first-order valence-corrected chi connectivity index (χ1v) is 21.2. The third kappa shape index (κ3) is 12.3. The summed E-state index contributed by atoms with van der Waals surface area (Å²) < 4.78 is 0. The quantitative estimate of drug-likeness (QED) is 0.142. The summed E-state index contributed by atoms with van der Waals surface area (Å²) >= 11 is 1.53. The van der Waals surface area contributed by atoms with E-state index in [9.17, 15) is 33.9 Å². The van der Waals surface area contributed by atoms with Crippen molar-refractivity contribution in [3.05, 3.63) is 0 Å². The minimum Gasteiger partial charge on any atom is -0.391 e. The van der Waals surface area contributed by atoms with Crippen molar-refractivity contribution >= 4 is 47.2 Å². The van der Waals surface area contributed by atoms with E-state index in [0.717, 1.165) is 25.7 Å². The van der Waals surface area contributed by atoms with Crippen molar-refractivity contribution in [2.24, 2.45) is 17.8 Å². The van der Waals surface area contributed by atoms with E-state index in [4.69, 9.17) is 0 Å². The molecule has 5 N–H and O–H groups in total. The summed E-state index contributed by atoms with van der Waals surface area (Å²) in [4.78, 5) is 84.6. The largest absolute Gasteiger partial charge is 0.391 e. The van der Waals surface area contributed by atoms with Crippen LogP contribution in [0.5, 0.6) is 0 Å². The van der Waals surface area contributed by atoms with Gasteiger partial charge in [-0.1, -0.05) is 59.8 Å². The van der Waals surface area contributed by atoms with E-state index in [1.807, 2.05) is 27.0 Å². The maximum atomic E-state index is 14.1. The molecule has 0 spiro atoms. The van der Waals surface area contributed by atoms with Crippen molar-refractivity contribution in [1.29, 1.82) is 0 Å². The Morgan fingerprint density at radius 2 is 1.35 bits per heavy atom. The van der Waals surface area contributed by atoms with E-state index in [1.54, 1.807) is 4.90 Å². The average molecular weight is 751 g/mol. The van der Waals surface area contributed by atoms with Crippen molar-refractivity contribution < 1.29 is 33.9 Å². The fraction of sp³-hybridized carbons (Fsp3) is 0.842. The topological polar surface area (TPSA) is 177 Å². The number of piperidine rings is 1. The van der Waals surface area contributed by atoms with Gasteiger partial charge in [-0.3, -0.25) is 28.8 Å². The lowest BCUT2D eigenvalue weighted by Crippen LogP contribution is -2.61. The van der Waals surface area contributed by atoms with Crippen molar-refractivity contribution in [2.45, 2.75) is 154 Å². The van der Waals surface area contributed by atoms with Gasteiger partial charge in [0.25, 0.3) is 0 Å². The molecule has 6 amide bonds. The summed E-state index contributed by atoms with van der Waals surface area (Å²) in [6.07, 6.45) is 10.9. The number of rotatable bonds is 18. The van der Waals surface area contributed by atoms with Gasteiger partial charge in [-0.25, -0.2) is 0 Å². The molecule has 3 fully saturated rings. The second-order valence-corrected chi connectivity index (χ2v) is 16.4. The summed E-state index contributed by atoms with van der Waals surface area (Å²) in [5, 5.41) is 21.6. The highest BCUT2D eigenvalue weighted by molar-refractivity contribution is 7.98. The molecule has 0 aromatic heterocycles. The van der Waals surface area contributed by atoms with Crippen molar-refractivity contribution in [2.75, 3.05) is 31.6 Å². The highest BCUT2D eigenvalue weighted by atomic mass is 32.2. The number of thioether (sulfide) groups is 1. The fourth-order valence-corrected chi connectivity index (χ4v) is 8.30. The third-order valence-electron chi connectivity index (χ3n) is 11.0. The van der Waals surface area contributed by atoms with Gasteiger partial charge in [-0.15, -0.1) is 0 Å². The van der Waals surface area contributed by atoms with Crippen LogP contribution in [0.2, 0.25) is 0 Å². The average Bonchev–Trinajstić information content (AvgIpc) is 3.63. The molecule has 1 saturated carbocycles. The number of carbonyl (C=O) groups is 6. The molecule has 7 atom stereocenters. The van der Waals surface area contributed by atoms with Gasteiger partial charge in [0, 0.05) is 26.1 Å². The zero-order chi connectivity index (χ0) is 38.4. The normalized spacial score (nSPS) is 22.5. The number of aliphatic hydroxyl groups is 1. The molecule has 0 aromatic rings. The van der Waals surface area contributed by atoms with Crippen LogP contribution in [0.4, 0.5) is 0 Å². The van der Waals surface area contributed by atoms with Crippen molar-refractivity contribution in [1.82, 2.24) is 31.1 Å². The summed E-state index contributed by atoms with van der Waals surface area (Å²) in [5.74, 6) is -1.12. The molecule has 296 valence electrons. The lowest BCUT2D eigenvalue weighted by Gasteiger charge is -2.39. The molecule has 2 aliphatic heterocycles. The number of amides is 6. The van der Waals surface area contributed by atoms with Crippen LogP contribution >= 0.6 is 11.8 Å². The zero-order valence-corrected chi connectivity index (χ0v) is 33.2. The molecule has 0 radical (unpaired) electrons. The maximum Gasteiger partial charge on any atom is 0.246 e. The Balaban J connectivity index is 1.71. The molecule has 2 heterocycles. The lowest BCUT2D eigenvalue weighted by molar-refractivity contribution is -0.147. The molecule has 0 aromatic carbocycles. The number of hydrogen-bond acceptors (Lipinski definition) is 8. The predicted molar refractivity (Wildman–Crippen MR) is 203 cm³/mol. The van der Waals surface area contributed by atoms with Crippen molar-refractivity contribution in [3.8, 4) is 0 Å². The summed E-state index contributed by atoms with van der Waals surface area (Å²) in [6, 6.07) is -4.51. The Morgan fingerprint density at radius 3 is 1.96 bits per heavy atom. The van der Waals surface area contributed by atoms with Gasteiger partial charge in [0.1, 0.15) is 30.2 Å². The molecule has 3 rings (SSSR count). The van der Waals surface area contributed by atoms with Gasteiger partial charge in [0.15, 0.2) is 0 Å². The molecule has 13 nitrogen and oxygen atoms in total. The molecule has 14 heteroatoms. The first-order chi connectivity index (χ1) is 24.8. The number of hydrogen-bond donors (Lipinski definition) is 5. The van der Waals surface area contributed by atoms with E-state index in [0.29, 0.717) is 69.8 Å². The van der Waals surface area contributed by atoms with Crippen LogP contribution < -0.4 is 21.3 Å². The van der Waals surface area contributed by atoms with Crippen LogP contribution in [0.3, 0.4) is 0 Å². The lowest BCUT2D eigenvalue weighted by atomic mass is 9.79. The Labute approximate surface area is 315 Å². The fourth-order valence-electron chi connectivity index (χ4n) is 7.83. The van der Waals surface area contributed by atoms with Gasteiger partial charge >= 0.3 is 0 Å². The van der Waals surface area contributed by atoms with Crippen LogP contribution in [0.15, 0.2) is 0 Å². The van der Waals surface area contributed by atoms with E-state index in [1.165, 1.54) is 42.8 Å². The number of likely N-dealkylation sites (tertiary alicyclic amines) is 2. The second-order valence-electron chi connectivity index (χ2n) is 15.5. The molecule has 2 saturated heterocycles. The minimum atomic E-state index is -1.17. The van der Waals surface area contributed by atoms with E-state index in [2.05, 4.69) is 28.2 Å². The number of carbonyl (C=O) groups excluding carboxylic acids is 6. The van der Waals surface area contributed by atoms with Crippen LogP contribution in [-0.4, -0.2) is 118 Å². The van der Waals surface area contributed by atoms with Crippen LogP contribution in [0.25, 0.3) is 0 Å². The highest BCUT2D eigenvalue weighted by Gasteiger charge is 2.42. The number of aliphatic hydroxyl groups excluding tert-OH is 1. The van der Waals surface area contributed by atoms with Crippen LogP contribution in [0.1, 0.15) is 118 Å². The monoisotopic (exact) mass is 750 g/mol. The first-order valence-electron chi connectivity index (χ1n) is 19.8. The van der Waals surface area contributed by atoms with Crippen LogP contribution in [-0.2, 0) is 28.8 Å². The Bertz CT molecular complexity index is 1210. The molecule has 0 bridgehead atoms.